The molecular weight excluding hydrogens is 307 g/mol. The number of hydrogen-bond donors (Lipinski definition) is 2. The molecule has 0 fully saturated rings. The number of fused-ring (bicyclic) bond motifs is 1. The number of rotatable bonds is 6. The van der Waals surface area contributed by atoms with E-state index in [4.69, 9.17) is 10.5 Å². The van der Waals surface area contributed by atoms with Gasteiger partial charge >= 0.3 is 0 Å². The molecule has 0 aliphatic heterocycles. The van der Waals surface area contributed by atoms with Gasteiger partial charge in [0, 0.05) is 11.9 Å². The van der Waals surface area contributed by atoms with Gasteiger partial charge in [-0.1, -0.05) is 18.2 Å². The van der Waals surface area contributed by atoms with E-state index in [9.17, 15) is 4.39 Å². The second-order valence-corrected chi connectivity index (χ2v) is 5.26. The zero-order chi connectivity index (χ0) is 16.9. The molecule has 5 nitrogen and oxygen atoms in total. The van der Waals surface area contributed by atoms with Gasteiger partial charge in [-0.05, 0) is 36.8 Å². The van der Waals surface area contributed by atoms with Gasteiger partial charge in [0.1, 0.15) is 11.6 Å². The van der Waals surface area contributed by atoms with E-state index in [0.717, 1.165) is 16.5 Å². The molecule has 0 spiro atoms. The first kappa shape index (κ1) is 16.1. The van der Waals surface area contributed by atoms with E-state index in [2.05, 4.69) is 15.3 Å². The summed E-state index contributed by atoms with van der Waals surface area (Å²) < 4.78 is 19.2. The maximum absolute atomic E-state index is 13.9. The number of nitrogens with zero attached hydrogens (tertiary/aromatic N) is 2. The Hall–Kier alpha value is -2.73. The molecule has 0 atom stereocenters. The maximum Gasteiger partial charge on any atom is 0.165 e. The van der Waals surface area contributed by atoms with Crippen molar-refractivity contribution in [1.29, 1.82) is 0 Å². The number of benzene rings is 2. The van der Waals surface area contributed by atoms with Gasteiger partial charge in [0.2, 0.25) is 0 Å². The average molecular weight is 326 g/mol. The monoisotopic (exact) mass is 326 g/mol. The molecule has 0 amide bonds. The van der Waals surface area contributed by atoms with Crippen LogP contribution in [0, 0.1) is 5.82 Å². The number of aromatic nitrogens is 2. The fraction of sp³-hybridized carbons (Fsp3) is 0.222. The lowest BCUT2D eigenvalue weighted by molar-refractivity contribution is 0.321. The summed E-state index contributed by atoms with van der Waals surface area (Å²) in [4.78, 5) is 8.84. The third-order valence-corrected chi connectivity index (χ3v) is 3.59. The highest BCUT2D eigenvalue weighted by atomic mass is 19.1. The molecule has 1 aromatic heterocycles. The number of anilines is 1. The van der Waals surface area contributed by atoms with Crippen molar-refractivity contribution in [1.82, 2.24) is 9.97 Å². The largest absolute Gasteiger partial charge is 0.491 e. The number of nitrogens with two attached hydrogens (primary N) is 1. The predicted molar refractivity (Wildman–Crippen MR) is 92.3 cm³/mol. The molecule has 6 heteroatoms. The van der Waals surface area contributed by atoms with Crippen LogP contribution < -0.4 is 15.8 Å². The van der Waals surface area contributed by atoms with Crippen LogP contribution in [0.15, 0.2) is 42.5 Å². The molecule has 0 bridgehead atoms. The Balaban J connectivity index is 1.84. The molecule has 0 saturated heterocycles. The van der Waals surface area contributed by atoms with E-state index >= 15 is 0 Å². The Morgan fingerprint density at radius 1 is 1.17 bits per heavy atom. The molecule has 3 rings (SSSR count). The molecule has 0 aliphatic carbocycles. The third kappa shape index (κ3) is 3.44. The van der Waals surface area contributed by atoms with E-state index in [1.165, 1.54) is 6.07 Å². The third-order valence-electron chi connectivity index (χ3n) is 3.59. The summed E-state index contributed by atoms with van der Waals surface area (Å²) in [5.74, 6) is 1.15. The molecule has 2 aromatic carbocycles. The van der Waals surface area contributed by atoms with Gasteiger partial charge in [0.15, 0.2) is 11.6 Å². The highest BCUT2D eigenvalue weighted by molar-refractivity contribution is 5.88. The number of halogens is 1. The smallest absolute Gasteiger partial charge is 0.165 e. The predicted octanol–water partition coefficient (Wildman–Crippen LogP) is 3.24. The number of para-hydroxylation sites is 1. The summed E-state index contributed by atoms with van der Waals surface area (Å²) in [5.41, 5.74) is 7.29. The molecule has 3 N–H and O–H groups in total. The minimum absolute atomic E-state index is 0.261. The normalized spacial score (nSPS) is 10.8. The Morgan fingerprint density at radius 2 is 2.00 bits per heavy atom. The Kier molecular flexibility index (Phi) is 4.86. The lowest BCUT2D eigenvalue weighted by Gasteiger charge is -2.11. The van der Waals surface area contributed by atoms with Crippen LogP contribution in [0.3, 0.4) is 0 Å². The van der Waals surface area contributed by atoms with Gasteiger partial charge in [-0.15, -0.1) is 0 Å². The van der Waals surface area contributed by atoms with Gasteiger partial charge in [-0.25, -0.2) is 14.4 Å². The zero-order valence-electron chi connectivity index (χ0n) is 13.4. The zero-order valence-corrected chi connectivity index (χ0v) is 13.4. The molecule has 1 heterocycles. The minimum atomic E-state index is -0.369. The van der Waals surface area contributed by atoms with E-state index in [1.807, 2.05) is 37.3 Å². The second kappa shape index (κ2) is 7.23. The highest BCUT2D eigenvalue weighted by Crippen LogP contribution is 2.22. The molecule has 24 heavy (non-hydrogen) atoms. The Morgan fingerprint density at radius 3 is 2.75 bits per heavy atom. The van der Waals surface area contributed by atoms with Crippen LogP contribution in [0.2, 0.25) is 0 Å². The van der Waals surface area contributed by atoms with Crippen LogP contribution in [-0.2, 0) is 13.1 Å². The first-order valence-corrected chi connectivity index (χ1v) is 7.82. The summed E-state index contributed by atoms with van der Waals surface area (Å²) in [6, 6.07) is 12.6. The van der Waals surface area contributed by atoms with Crippen LogP contribution in [0.1, 0.15) is 18.3 Å². The second-order valence-electron chi connectivity index (χ2n) is 5.26. The van der Waals surface area contributed by atoms with Gasteiger partial charge in [-0.2, -0.15) is 0 Å². The van der Waals surface area contributed by atoms with Crippen molar-refractivity contribution < 1.29 is 9.13 Å². The first-order chi connectivity index (χ1) is 11.7. The van der Waals surface area contributed by atoms with Gasteiger partial charge in [-0.3, -0.25) is 0 Å². The summed E-state index contributed by atoms with van der Waals surface area (Å²) in [6.45, 7) is 2.96. The Labute approximate surface area is 139 Å². The van der Waals surface area contributed by atoms with Crippen molar-refractivity contribution in [3.8, 4) is 5.75 Å². The Bertz CT molecular complexity index is 854. The summed E-state index contributed by atoms with van der Waals surface area (Å²) >= 11 is 0. The minimum Gasteiger partial charge on any atom is -0.491 e. The molecule has 0 radical (unpaired) electrons. The van der Waals surface area contributed by atoms with E-state index in [1.54, 1.807) is 6.07 Å². The van der Waals surface area contributed by atoms with Crippen LogP contribution in [0.25, 0.3) is 10.9 Å². The SMILES string of the molecule is CCOc1ccc(CNc2nc(CN)nc3ccccc23)cc1F. The lowest BCUT2D eigenvalue weighted by Crippen LogP contribution is -2.08. The summed E-state index contributed by atoms with van der Waals surface area (Å²) in [7, 11) is 0. The molecule has 0 saturated carbocycles. The van der Waals surface area contributed by atoms with Crippen molar-refractivity contribution in [2.24, 2.45) is 5.73 Å². The first-order valence-electron chi connectivity index (χ1n) is 7.82. The van der Waals surface area contributed by atoms with Crippen molar-refractivity contribution in [2.45, 2.75) is 20.0 Å². The molecule has 0 aliphatic rings. The number of hydrogen-bond acceptors (Lipinski definition) is 5. The fourth-order valence-corrected chi connectivity index (χ4v) is 2.46. The van der Waals surface area contributed by atoms with Crippen LogP contribution in [-0.4, -0.2) is 16.6 Å². The molecule has 124 valence electrons. The highest BCUT2D eigenvalue weighted by Gasteiger charge is 2.08. The van der Waals surface area contributed by atoms with E-state index < -0.39 is 0 Å². The van der Waals surface area contributed by atoms with Crippen molar-refractivity contribution in [3.63, 3.8) is 0 Å². The molecule has 3 aromatic rings. The van der Waals surface area contributed by atoms with E-state index in [-0.39, 0.29) is 18.1 Å². The quantitative estimate of drug-likeness (QED) is 0.727. The number of ether oxygens (including phenoxy) is 1. The summed E-state index contributed by atoms with van der Waals surface area (Å²) in [5, 5.41) is 4.15. The van der Waals surface area contributed by atoms with Crippen molar-refractivity contribution in [2.75, 3.05) is 11.9 Å². The lowest BCUT2D eigenvalue weighted by atomic mass is 10.2. The van der Waals surface area contributed by atoms with Crippen LogP contribution >= 0.6 is 0 Å². The van der Waals surface area contributed by atoms with Gasteiger partial charge in [0.25, 0.3) is 0 Å². The van der Waals surface area contributed by atoms with E-state index in [0.29, 0.717) is 24.8 Å². The average Bonchev–Trinajstić information content (AvgIpc) is 2.61. The number of nitrogens with one attached hydrogen (secondary N) is 1. The van der Waals surface area contributed by atoms with Crippen LogP contribution in [0.5, 0.6) is 5.75 Å². The van der Waals surface area contributed by atoms with Gasteiger partial charge < -0.3 is 15.8 Å². The molecule has 0 unspecified atom stereocenters. The van der Waals surface area contributed by atoms with Crippen molar-refractivity contribution >= 4 is 16.7 Å². The summed E-state index contributed by atoms with van der Waals surface area (Å²) in [6.07, 6.45) is 0. The maximum atomic E-state index is 13.9. The van der Waals surface area contributed by atoms with Gasteiger partial charge in [0.05, 0.1) is 18.7 Å². The van der Waals surface area contributed by atoms with Crippen molar-refractivity contribution in [3.05, 3.63) is 59.7 Å². The molecular formula is C18H19FN4O. The fourth-order valence-electron chi connectivity index (χ4n) is 2.46. The standard InChI is InChI=1S/C18H19FN4O/c1-2-24-16-8-7-12(9-14(16)19)11-21-18-13-5-3-4-6-15(13)22-17(10-20)23-18/h3-9H,2,10-11,20H2,1H3,(H,21,22,23). The van der Waals surface area contributed by atoms with Crippen LogP contribution in [0.4, 0.5) is 10.2 Å². The topological polar surface area (TPSA) is 73.1 Å².